The molecule has 0 bridgehead atoms. The molecule has 0 atom stereocenters. The average Bonchev–Trinajstić information content (AvgIpc) is 2.74. The molecule has 0 N–H and O–H groups in total. The number of ether oxygens (including phenoxy) is 1. The third-order valence-corrected chi connectivity index (χ3v) is 5.33. The van der Waals surface area contributed by atoms with Crippen molar-refractivity contribution in [2.75, 3.05) is 62.3 Å². The van der Waals surface area contributed by atoms with Gasteiger partial charge in [0.15, 0.2) is 5.82 Å². The van der Waals surface area contributed by atoms with E-state index in [1.807, 2.05) is 17.0 Å². The third-order valence-electron chi connectivity index (χ3n) is 5.00. The van der Waals surface area contributed by atoms with E-state index in [0.717, 1.165) is 50.9 Å². The minimum atomic E-state index is -0.0119. The van der Waals surface area contributed by atoms with Crippen LogP contribution in [0.25, 0.3) is 0 Å². The fourth-order valence-electron chi connectivity index (χ4n) is 3.44. The summed E-state index contributed by atoms with van der Waals surface area (Å²) in [5, 5.41) is 8.94. The number of carbonyl (C=O) groups is 1. The van der Waals surface area contributed by atoms with Crippen LogP contribution in [0.2, 0.25) is 5.02 Å². The minimum Gasteiger partial charge on any atom is -0.378 e. The predicted molar refractivity (Wildman–Crippen MR) is 105 cm³/mol. The van der Waals surface area contributed by atoms with Crippen molar-refractivity contribution in [3.05, 3.63) is 47.1 Å². The number of carbonyl (C=O) groups excluding carboxylic acids is 1. The number of halogens is 1. The first-order valence-corrected chi connectivity index (χ1v) is 9.54. The van der Waals surface area contributed by atoms with E-state index in [4.69, 9.17) is 16.3 Å². The second kappa shape index (κ2) is 8.10. The molecule has 27 heavy (non-hydrogen) atoms. The molecule has 1 aromatic heterocycles. The number of benzene rings is 1. The molecule has 142 valence electrons. The van der Waals surface area contributed by atoms with Crippen molar-refractivity contribution in [2.24, 2.45) is 0 Å². The van der Waals surface area contributed by atoms with E-state index in [9.17, 15) is 4.79 Å². The Morgan fingerprint density at radius 3 is 2.48 bits per heavy atom. The summed E-state index contributed by atoms with van der Waals surface area (Å²) in [6, 6.07) is 9.27. The van der Waals surface area contributed by atoms with Crippen LogP contribution in [0.15, 0.2) is 36.5 Å². The number of hydrogen-bond acceptors (Lipinski definition) is 6. The zero-order valence-corrected chi connectivity index (χ0v) is 15.8. The van der Waals surface area contributed by atoms with Gasteiger partial charge in [0.1, 0.15) is 0 Å². The maximum absolute atomic E-state index is 12.7. The Kier molecular flexibility index (Phi) is 5.40. The lowest BCUT2D eigenvalue weighted by atomic mass is 10.1. The molecule has 0 saturated carbocycles. The summed E-state index contributed by atoms with van der Waals surface area (Å²) in [6.45, 7) is 5.91. The summed E-state index contributed by atoms with van der Waals surface area (Å²) in [5.41, 5.74) is 1.60. The Morgan fingerprint density at radius 2 is 1.74 bits per heavy atom. The maximum Gasteiger partial charge on any atom is 0.255 e. The first kappa shape index (κ1) is 18.0. The molecule has 8 heteroatoms. The van der Waals surface area contributed by atoms with Crippen LogP contribution in [-0.2, 0) is 4.74 Å². The third kappa shape index (κ3) is 3.99. The van der Waals surface area contributed by atoms with Crippen molar-refractivity contribution in [2.45, 2.75) is 0 Å². The largest absolute Gasteiger partial charge is 0.378 e. The molecule has 2 aromatic rings. The van der Waals surface area contributed by atoms with Crippen molar-refractivity contribution in [3.63, 3.8) is 0 Å². The standard InChI is InChI=1S/C19H22ClN5O2/c20-17-4-2-1-3-16(17)19(26)25-7-5-23(6-8-25)15-13-18(22-21-14-15)24-9-11-27-12-10-24/h1-4,13-14H,5-12H2. The van der Waals surface area contributed by atoms with Gasteiger partial charge in [0.2, 0.25) is 0 Å². The van der Waals surface area contributed by atoms with Crippen LogP contribution in [-0.4, -0.2) is 73.5 Å². The number of amides is 1. The fraction of sp³-hybridized carbons (Fsp3) is 0.421. The Balaban J connectivity index is 1.40. The van der Waals surface area contributed by atoms with Crippen LogP contribution in [0, 0.1) is 0 Å². The van der Waals surface area contributed by atoms with E-state index in [0.29, 0.717) is 23.7 Å². The van der Waals surface area contributed by atoms with Gasteiger partial charge in [0.05, 0.1) is 35.7 Å². The van der Waals surface area contributed by atoms with Gasteiger partial charge in [-0.25, -0.2) is 0 Å². The summed E-state index contributed by atoms with van der Waals surface area (Å²) in [7, 11) is 0. The van der Waals surface area contributed by atoms with E-state index in [1.54, 1.807) is 18.3 Å². The van der Waals surface area contributed by atoms with Gasteiger partial charge in [-0.2, -0.15) is 5.10 Å². The molecule has 0 spiro atoms. The molecule has 2 aliphatic heterocycles. The number of hydrogen-bond donors (Lipinski definition) is 0. The maximum atomic E-state index is 12.7. The van der Waals surface area contributed by atoms with Gasteiger partial charge in [-0.3, -0.25) is 4.79 Å². The van der Waals surface area contributed by atoms with E-state index in [-0.39, 0.29) is 5.91 Å². The lowest BCUT2D eigenvalue weighted by molar-refractivity contribution is 0.0747. The zero-order valence-electron chi connectivity index (χ0n) is 15.1. The highest BCUT2D eigenvalue weighted by atomic mass is 35.5. The first-order valence-electron chi connectivity index (χ1n) is 9.16. The number of morpholine rings is 1. The number of aromatic nitrogens is 2. The molecule has 7 nitrogen and oxygen atoms in total. The van der Waals surface area contributed by atoms with Gasteiger partial charge < -0.3 is 19.4 Å². The van der Waals surface area contributed by atoms with E-state index < -0.39 is 0 Å². The summed E-state index contributed by atoms with van der Waals surface area (Å²) in [6.07, 6.45) is 1.79. The normalized spacial score (nSPS) is 17.9. The molecular weight excluding hydrogens is 366 g/mol. The predicted octanol–water partition coefficient (Wildman–Crippen LogP) is 1.93. The summed E-state index contributed by atoms with van der Waals surface area (Å²) in [5.74, 6) is 0.868. The molecule has 0 unspecified atom stereocenters. The lowest BCUT2D eigenvalue weighted by Crippen LogP contribution is -2.49. The second-order valence-electron chi connectivity index (χ2n) is 6.63. The summed E-state index contributed by atoms with van der Waals surface area (Å²) < 4.78 is 5.40. The zero-order chi connectivity index (χ0) is 18.6. The topological polar surface area (TPSA) is 61.8 Å². The number of rotatable bonds is 3. The van der Waals surface area contributed by atoms with E-state index in [2.05, 4.69) is 26.1 Å². The quantitative estimate of drug-likeness (QED) is 0.802. The second-order valence-corrected chi connectivity index (χ2v) is 7.04. The van der Waals surface area contributed by atoms with Gasteiger partial charge in [0.25, 0.3) is 5.91 Å². The van der Waals surface area contributed by atoms with Crippen LogP contribution in [0.4, 0.5) is 11.5 Å². The highest BCUT2D eigenvalue weighted by molar-refractivity contribution is 6.33. The molecule has 2 fully saturated rings. The van der Waals surface area contributed by atoms with Gasteiger partial charge >= 0.3 is 0 Å². The number of piperazine rings is 1. The Labute approximate surface area is 163 Å². The summed E-state index contributed by atoms with van der Waals surface area (Å²) >= 11 is 6.17. The number of nitrogens with zero attached hydrogens (tertiary/aromatic N) is 5. The fourth-order valence-corrected chi connectivity index (χ4v) is 3.65. The molecule has 2 aliphatic rings. The van der Waals surface area contributed by atoms with Crippen LogP contribution >= 0.6 is 11.6 Å². The first-order chi connectivity index (χ1) is 13.2. The van der Waals surface area contributed by atoms with E-state index in [1.165, 1.54) is 0 Å². The highest BCUT2D eigenvalue weighted by Gasteiger charge is 2.24. The molecule has 4 rings (SSSR count). The molecule has 0 aliphatic carbocycles. The van der Waals surface area contributed by atoms with Crippen molar-refractivity contribution < 1.29 is 9.53 Å². The SMILES string of the molecule is O=C(c1ccccc1Cl)N1CCN(c2cnnc(N3CCOCC3)c2)CC1. The smallest absolute Gasteiger partial charge is 0.255 e. The van der Waals surface area contributed by atoms with Gasteiger partial charge in [-0.1, -0.05) is 23.7 Å². The number of anilines is 2. The molecule has 1 amide bonds. The Morgan fingerprint density at radius 1 is 1.00 bits per heavy atom. The molecule has 1 aromatic carbocycles. The van der Waals surface area contributed by atoms with Crippen LogP contribution in [0.1, 0.15) is 10.4 Å². The monoisotopic (exact) mass is 387 g/mol. The van der Waals surface area contributed by atoms with Gasteiger partial charge in [0, 0.05) is 45.3 Å². The van der Waals surface area contributed by atoms with Crippen molar-refractivity contribution in [3.8, 4) is 0 Å². The minimum absolute atomic E-state index is 0.0119. The van der Waals surface area contributed by atoms with Gasteiger partial charge in [-0.15, -0.1) is 5.10 Å². The molecule has 2 saturated heterocycles. The lowest BCUT2D eigenvalue weighted by Gasteiger charge is -2.36. The van der Waals surface area contributed by atoms with Crippen molar-refractivity contribution in [1.29, 1.82) is 0 Å². The molecule has 3 heterocycles. The van der Waals surface area contributed by atoms with Crippen LogP contribution in [0.5, 0.6) is 0 Å². The Hall–Kier alpha value is -2.38. The molecular formula is C19H22ClN5O2. The average molecular weight is 388 g/mol. The van der Waals surface area contributed by atoms with Crippen molar-refractivity contribution in [1.82, 2.24) is 15.1 Å². The highest BCUT2D eigenvalue weighted by Crippen LogP contribution is 2.22. The summed E-state index contributed by atoms with van der Waals surface area (Å²) in [4.78, 5) is 19.0. The van der Waals surface area contributed by atoms with E-state index >= 15 is 0 Å². The Bertz CT molecular complexity index is 804. The van der Waals surface area contributed by atoms with Crippen LogP contribution < -0.4 is 9.80 Å². The van der Waals surface area contributed by atoms with Crippen LogP contribution in [0.3, 0.4) is 0 Å². The van der Waals surface area contributed by atoms with Gasteiger partial charge in [-0.05, 0) is 12.1 Å². The molecule has 0 radical (unpaired) electrons. The van der Waals surface area contributed by atoms with Crippen molar-refractivity contribution >= 4 is 29.0 Å².